The van der Waals surface area contributed by atoms with Crippen LogP contribution in [0.1, 0.15) is 0 Å². The molecule has 1 amide bonds. The first-order valence-corrected chi connectivity index (χ1v) is 6.69. The number of nitro benzene ring substituents is 1. The lowest BCUT2D eigenvalue weighted by atomic mass is 10.1. The molecule has 1 heterocycles. The van der Waals surface area contributed by atoms with E-state index in [1.54, 1.807) is 0 Å². The molecule has 0 bridgehead atoms. The van der Waals surface area contributed by atoms with Gasteiger partial charge in [0.15, 0.2) is 6.61 Å². The molecular formula is C13H17ClFN3O5. The van der Waals surface area contributed by atoms with E-state index in [4.69, 9.17) is 4.74 Å². The van der Waals surface area contributed by atoms with E-state index in [0.717, 1.165) is 12.1 Å². The Morgan fingerprint density at radius 2 is 2.26 bits per heavy atom. The van der Waals surface area contributed by atoms with Gasteiger partial charge in [-0.15, -0.1) is 12.4 Å². The van der Waals surface area contributed by atoms with E-state index < -0.39 is 28.4 Å². The minimum atomic E-state index is -1.02. The minimum absolute atomic E-state index is 0. The number of halogens is 2. The fraction of sp³-hybridized carbons (Fsp3) is 0.462. The van der Waals surface area contributed by atoms with Crippen molar-refractivity contribution >= 4 is 24.0 Å². The normalized spacial score (nSPS) is 19.7. The molecule has 1 fully saturated rings. The largest absolute Gasteiger partial charge is 0.484 e. The molecule has 2 rings (SSSR count). The average Bonchev–Trinajstić information content (AvgIpc) is 2.88. The number of carbonyl (C=O) groups is 1. The summed E-state index contributed by atoms with van der Waals surface area (Å²) in [6.45, 7) is 1.09. The summed E-state index contributed by atoms with van der Waals surface area (Å²) in [6.07, 6.45) is -0.495. The Morgan fingerprint density at radius 1 is 1.52 bits per heavy atom. The zero-order valence-electron chi connectivity index (χ0n) is 12.0. The van der Waals surface area contributed by atoms with E-state index in [1.165, 1.54) is 6.07 Å². The molecule has 0 aliphatic carbocycles. The lowest BCUT2D eigenvalue weighted by Crippen LogP contribution is -2.36. The highest BCUT2D eigenvalue weighted by Crippen LogP contribution is 2.22. The molecule has 1 saturated heterocycles. The fourth-order valence-electron chi connectivity index (χ4n) is 2.10. The maximum atomic E-state index is 13.4. The Hall–Kier alpha value is -1.97. The number of aliphatic hydroxyl groups excluding tert-OH is 1. The van der Waals surface area contributed by atoms with Crippen molar-refractivity contribution in [3.05, 3.63) is 34.1 Å². The third-order valence-corrected chi connectivity index (χ3v) is 3.35. The quantitative estimate of drug-likeness (QED) is 0.500. The number of β-amino-alcohol motifs (C(OH)–C–C–N with tert-alkyl or cyclic N) is 1. The highest BCUT2D eigenvalue weighted by atomic mass is 35.5. The number of nitro groups is 1. The lowest BCUT2D eigenvalue weighted by Gasteiger charge is -2.14. The van der Waals surface area contributed by atoms with Gasteiger partial charge in [0.2, 0.25) is 5.82 Å². The summed E-state index contributed by atoms with van der Waals surface area (Å²) in [5.41, 5.74) is -0.653. The lowest BCUT2D eigenvalue weighted by molar-refractivity contribution is -0.387. The first-order valence-electron chi connectivity index (χ1n) is 6.69. The van der Waals surface area contributed by atoms with Crippen LogP contribution in [-0.4, -0.2) is 48.3 Å². The van der Waals surface area contributed by atoms with Crippen LogP contribution in [0.4, 0.5) is 10.1 Å². The van der Waals surface area contributed by atoms with E-state index in [2.05, 4.69) is 10.6 Å². The van der Waals surface area contributed by atoms with Crippen molar-refractivity contribution in [2.24, 2.45) is 5.92 Å². The summed E-state index contributed by atoms with van der Waals surface area (Å²) in [6, 6.07) is 3.05. The number of ether oxygens (including phenoxy) is 1. The third-order valence-electron chi connectivity index (χ3n) is 3.35. The van der Waals surface area contributed by atoms with Crippen molar-refractivity contribution in [1.82, 2.24) is 10.6 Å². The van der Waals surface area contributed by atoms with Crippen LogP contribution in [0, 0.1) is 21.8 Å². The zero-order valence-corrected chi connectivity index (χ0v) is 12.8. The zero-order chi connectivity index (χ0) is 16.1. The first-order chi connectivity index (χ1) is 10.5. The van der Waals surface area contributed by atoms with E-state index >= 15 is 0 Å². The van der Waals surface area contributed by atoms with Gasteiger partial charge < -0.3 is 20.5 Å². The molecule has 0 saturated carbocycles. The van der Waals surface area contributed by atoms with Gasteiger partial charge in [0.05, 0.1) is 11.0 Å². The molecule has 23 heavy (non-hydrogen) atoms. The van der Waals surface area contributed by atoms with E-state index in [9.17, 15) is 24.4 Å². The Morgan fingerprint density at radius 3 is 2.83 bits per heavy atom. The Labute approximate surface area is 137 Å². The predicted octanol–water partition coefficient (Wildman–Crippen LogP) is 0.231. The van der Waals surface area contributed by atoms with Crippen molar-refractivity contribution in [2.45, 2.75) is 6.10 Å². The third kappa shape index (κ3) is 5.31. The number of carbonyl (C=O) groups excluding carboxylic acids is 1. The molecule has 1 aliphatic rings. The van der Waals surface area contributed by atoms with Gasteiger partial charge in [0.25, 0.3) is 5.91 Å². The number of aliphatic hydroxyl groups is 1. The summed E-state index contributed by atoms with van der Waals surface area (Å²) >= 11 is 0. The van der Waals surface area contributed by atoms with Gasteiger partial charge in [0, 0.05) is 37.7 Å². The number of nitrogens with one attached hydrogen (secondary N) is 2. The van der Waals surface area contributed by atoms with Crippen molar-refractivity contribution in [2.75, 3.05) is 26.2 Å². The molecule has 2 atom stereocenters. The molecule has 1 aliphatic heterocycles. The smallest absolute Gasteiger partial charge is 0.305 e. The predicted molar refractivity (Wildman–Crippen MR) is 81.2 cm³/mol. The SMILES string of the molecule is Cl.O=C(COc1ccc([N+](=O)[O-])c(F)c1)NCC1CNCC1O. The second-order valence-corrected chi connectivity index (χ2v) is 4.95. The van der Waals surface area contributed by atoms with Gasteiger partial charge in [-0.3, -0.25) is 14.9 Å². The Balaban J connectivity index is 0.00000264. The van der Waals surface area contributed by atoms with Crippen LogP contribution >= 0.6 is 12.4 Å². The summed E-state index contributed by atoms with van der Waals surface area (Å²) < 4.78 is 18.4. The standard InChI is InChI=1S/C13H16FN3O5.ClH/c14-10-3-9(1-2-11(10)17(20)21)22-7-13(19)16-5-8-4-15-6-12(8)18;/h1-3,8,12,15,18H,4-7H2,(H,16,19);1H. The maximum Gasteiger partial charge on any atom is 0.305 e. The summed E-state index contributed by atoms with van der Waals surface area (Å²) in [5.74, 6) is -1.47. The van der Waals surface area contributed by atoms with Crippen LogP contribution < -0.4 is 15.4 Å². The monoisotopic (exact) mass is 349 g/mol. The van der Waals surface area contributed by atoms with Gasteiger partial charge in [0.1, 0.15) is 5.75 Å². The first kappa shape index (κ1) is 19.1. The Bertz CT molecular complexity index is 575. The number of hydrogen-bond acceptors (Lipinski definition) is 6. The second-order valence-electron chi connectivity index (χ2n) is 4.95. The molecule has 1 aromatic rings. The summed E-state index contributed by atoms with van der Waals surface area (Å²) in [5, 5.41) is 25.6. The minimum Gasteiger partial charge on any atom is -0.484 e. The van der Waals surface area contributed by atoms with Gasteiger partial charge >= 0.3 is 5.69 Å². The van der Waals surface area contributed by atoms with Crippen molar-refractivity contribution in [1.29, 1.82) is 0 Å². The molecule has 2 unspecified atom stereocenters. The molecule has 0 aromatic heterocycles. The highest BCUT2D eigenvalue weighted by Gasteiger charge is 2.25. The molecule has 10 heteroatoms. The van der Waals surface area contributed by atoms with Crippen LogP contribution in [0.25, 0.3) is 0 Å². The number of benzene rings is 1. The summed E-state index contributed by atoms with van der Waals surface area (Å²) in [4.78, 5) is 21.2. The van der Waals surface area contributed by atoms with Gasteiger partial charge in [-0.05, 0) is 6.07 Å². The van der Waals surface area contributed by atoms with Crippen LogP contribution in [0.2, 0.25) is 0 Å². The average molecular weight is 350 g/mol. The van der Waals surface area contributed by atoms with Crippen LogP contribution in [0.15, 0.2) is 18.2 Å². The fourth-order valence-corrected chi connectivity index (χ4v) is 2.10. The molecular weight excluding hydrogens is 333 g/mol. The van der Waals surface area contributed by atoms with E-state index in [-0.39, 0.29) is 30.7 Å². The Kier molecular flexibility index (Phi) is 7.14. The number of amides is 1. The molecule has 3 N–H and O–H groups in total. The van der Waals surface area contributed by atoms with Crippen LogP contribution in [-0.2, 0) is 4.79 Å². The molecule has 128 valence electrons. The molecule has 1 aromatic carbocycles. The summed E-state index contributed by atoms with van der Waals surface area (Å²) in [7, 11) is 0. The second kappa shape index (κ2) is 8.61. The number of nitrogens with zero attached hydrogens (tertiary/aromatic N) is 1. The number of rotatable bonds is 6. The molecule has 0 radical (unpaired) electrons. The van der Waals surface area contributed by atoms with Crippen molar-refractivity contribution < 1.29 is 24.0 Å². The van der Waals surface area contributed by atoms with Crippen LogP contribution in [0.5, 0.6) is 5.75 Å². The molecule has 0 spiro atoms. The van der Waals surface area contributed by atoms with Gasteiger partial charge in [-0.25, -0.2) is 0 Å². The van der Waals surface area contributed by atoms with Gasteiger partial charge in [-0.2, -0.15) is 4.39 Å². The molecule has 8 nitrogen and oxygen atoms in total. The van der Waals surface area contributed by atoms with E-state index in [0.29, 0.717) is 19.6 Å². The van der Waals surface area contributed by atoms with E-state index in [1.807, 2.05) is 0 Å². The maximum absolute atomic E-state index is 13.4. The highest BCUT2D eigenvalue weighted by molar-refractivity contribution is 5.85. The topological polar surface area (TPSA) is 114 Å². The van der Waals surface area contributed by atoms with Crippen molar-refractivity contribution in [3.8, 4) is 5.75 Å². The number of hydrogen-bond donors (Lipinski definition) is 3. The van der Waals surface area contributed by atoms with Crippen molar-refractivity contribution in [3.63, 3.8) is 0 Å². The van der Waals surface area contributed by atoms with Gasteiger partial charge in [-0.1, -0.05) is 0 Å². The van der Waals surface area contributed by atoms with Crippen LogP contribution in [0.3, 0.4) is 0 Å².